The zero-order valence-electron chi connectivity index (χ0n) is 15.8. The Hall–Kier alpha value is -3.28. The van der Waals surface area contributed by atoms with Crippen LogP contribution < -0.4 is 4.90 Å². The second-order valence-electron chi connectivity index (χ2n) is 6.42. The number of H-pyrrole nitrogens is 1. The maximum atomic E-state index is 13.4. The van der Waals surface area contributed by atoms with E-state index in [4.69, 9.17) is 9.15 Å². The zero-order valence-corrected chi connectivity index (χ0v) is 15.8. The Bertz CT molecular complexity index is 953. The summed E-state index contributed by atoms with van der Waals surface area (Å²) in [6, 6.07) is 11.3. The van der Waals surface area contributed by atoms with Crippen LogP contribution in [0, 0.1) is 20.8 Å². The molecule has 0 saturated carbocycles. The van der Waals surface area contributed by atoms with Gasteiger partial charge in [0.2, 0.25) is 0 Å². The van der Waals surface area contributed by atoms with Crippen LogP contribution in [0.15, 0.2) is 47.1 Å². The van der Waals surface area contributed by atoms with Gasteiger partial charge in [-0.2, -0.15) is 0 Å². The number of carbonyl (C=O) groups excluding carboxylic acids is 2. The van der Waals surface area contributed by atoms with E-state index < -0.39 is 5.97 Å². The number of hydrogen-bond donors (Lipinski definition) is 1. The first-order chi connectivity index (χ1) is 12.9. The van der Waals surface area contributed by atoms with Gasteiger partial charge >= 0.3 is 5.97 Å². The summed E-state index contributed by atoms with van der Waals surface area (Å²) < 4.78 is 10.3. The van der Waals surface area contributed by atoms with E-state index in [9.17, 15) is 9.59 Å². The van der Waals surface area contributed by atoms with E-state index in [1.165, 1.54) is 7.11 Å². The Labute approximate surface area is 157 Å². The first-order valence-corrected chi connectivity index (χ1v) is 8.60. The molecular weight excluding hydrogens is 344 g/mol. The number of nitrogens with zero attached hydrogens (tertiary/aromatic N) is 1. The molecule has 27 heavy (non-hydrogen) atoms. The number of esters is 1. The number of ether oxygens (including phenoxy) is 1. The summed E-state index contributed by atoms with van der Waals surface area (Å²) in [4.78, 5) is 30.1. The molecule has 2 aromatic heterocycles. The third-order valence-electron chi connectivity index (χ3n) is 4.53. The van der Waals surface area contributed by atoms with Crippen molar-refractivity contribution >= 4 is 17.6 Å². The largest absolute Gasteiger partial charge is 0.467 e. The lowest BCUT2D eigenvalue weighted by Gasteiger charge is -2.22. The van der Waals surface area contributed by atoms with Gasteiger partial charge in [0.1, 0.15) is 11.5 Å². The summed E-state index contributed by atoms with van der Waals surface area (Å²) in [5, 5.41) is 0. The smallest absolute Gasteiger partial charge is 0.339 e. The highest BCUT2D eigenvalue weighted by Crippen LogP contribution is 2.25. The number of aromatic amines is 1. The molecule has 6 heteroatoms. The summed E-state index contributed by atoms with van der Waals surface area (Å²) in [5.41, 5.74) is 3.77. The number of anilines is 1. The van der Waals surface area contributed by atoms with E-state index in [0.717, 1.165) is 11.3 Å². The molecule has 1 amide bonds. The van der Waals surface area contributed by atoms with Crippen molar-refractivity contribution in [2.24, 2.45) is 0 Å². The first-order valence-electron chi connectivity index (χ1n) is 8.60. The van der Waals surface area contributed by atoms with Crippen LogP contribution in [0.3, 0.4) is 0 Å². The Kier molecular flexibility index (Phi) is 5.16. The number of methoxy groups -OCH3 is 1. The lowest BCUT2D eigenvalue weighted by Crippen LogP contribution is -2.31. The maximum Gasteiger partial charge on any atom is 0.339 e. The Balaban J connectivity index is 2.03. The molecule has 3 aromatic rings. The Morgan fingerprint density at radius 2 is 1.81 bits per heavy atom. The molecule has 0 aliphatic carbocycles. The molecule has 2 heterocycles. The molecular formula is C21H22N2O4. The summed E-state index contributed by atoms with van der Waals surface area (Å²) in [5.74, 6) is -0.0442. The van der Waals surface area contributed by atoms with Crippen molar-refractivity contribution in [3.8, 4) is 0 Å². The molecule has 140 valence electrons. The van der Waals surface area contributed by atoms with Crippen LogP contribution in [0.5, 0.6) is 0 Å². The maximum absolute atomic E-state index is 13.4. The fraction of sp³-hybridized carbons (Fsp3) is 0.238. The van der Waals surface area contributed by atoms with Gasteiger partial charge in [-0.1, -0.05) is 17.7 Å². The monoisotopic (exact) mass is 366 g/mol. The van der Waals surface area contributed by atoms with Gasteiger partial charge in [-0.05, 0) is 50.6 Å². The van der Waals surface area contributed by atoms with Crippen LogP contribution >= 0.6 is 0 Å². The molecule has 1 N–H and O–H groups in total. The first kappa shape index (κ1) is 18.5. The lowest BCUT2D eigenvalue weighted by atomic mass is 10.1. The fourth-order valence-electron chi connectivity index (χ4n) is 3.07. The Morgan fingerprint density at radius 3 is 2.41 bits per heavy atom. The van der Waals surface area contributed by atoms with Crippen LogP contribution in [-0.2, 0) is 11.3 Å². The van der Waals surface area contributed by atoms with E-state index >= 15 is 0 Å². The highest BCUT2D eigenvalue weighted by Gasteiger charge is 2.27. The van der Waals surface area contributed by atoms with Gasteiger partial charge in [0.15, 0.2) is 0 Å². The molecule has 0 saturated heterocycles. The number of aromatic nitrogens is 1. The minimum Gasteiger partial charge on any atom is -0.467 e. The van der Waals surface area contributed by atoms with Gasteiger partial charge in [0.25, 0.3) is 5.91 Å². The highest BCUT2D eigenvalue weighted by molar-refractivity contribution is 6.08. The van der Waals surface area contributed by atoms with Crippen molar-refractivity contribution in [1.82, 2.24) is 4.98 Å². The van der Waals surface area contributed by atoms with E-state index in [0.29, 0.717) is 28.3 Å². The van der Waals surface area contributed by atoms with Crippen molar-refractivity contribution in [2.75, 3.05) is 12.0 Å². The van der Waals surface area contributed by atoms with Crippen LogP contribution in [0.1, 0.15) is 43.4 Å². The van der Waals surface area contributed by atoms with Gasteiger partial charge in [-0.3, -0.25) is 9.69 Å². The molecule has 0 atom stereocenters. The third kappa shape index (κ3) is 3.65. The van der Waals surface area contributed by atoms with Gasteiger partial charge in [0, 0.05) is 11.4 Å². The SMILES string of the molecule is COC(=O)c1c(C)[nH]c(C(=O)N(Cc2ccco2)c2ccc(C)cc2)c1C. The fourth-order valence-corrected chi connectivity index (χ4v) is 3.07. The van der Waals surface area contributed by atoms with Gasteiger partial charge in [0.05, 0.1) is 25.5 Å². The normalized spacial score (nSPS) is 10.7. The molecule has 1 aromatic carbocycles. The average Bonchev–Trinajstić information content (AvgIpc) is 3.27. The van der Waals surface area contributed by atoms with Crippen molar-refractivity contribution in [3.05, 3.63) is 76.5 Å². The molecule has 0 spiro atoms. The van der Waals surface area contributed by atoms with Crippen molar-refractivity contribution in [2.45, 2.75) is 27.3 Å². The zero-order chi connectivity index (χ0) is 19.6. The van der Waals surface area contributed by atoms with Crippen molar-refractivity contribution in [1.29, 1.82) is 0 Å². The number of nitrogens with one attached hydrogen (secondary N) is 1. The van der Waals surface area contributed by atoms with Gasteiger partial charge in [-0.25, -0.2) is 4.79 Å². The van der Waals surface area contributed by atoms with E-state index in [1.54, 1.807) is 31.1 Å². The van der Waals surface area contributed by atoms with Crippen LogP contribution in [0.2, 0.25) is 0 Å². The van der Waals surface area contributed by atoms with Crippen LogP contribution in [0.25, 0.3) is 0 Å². The minimum absolute atomic E-state index is 0.244. The van der Waals surface area contributed by atoms with E-state index in [1.807, 2.05) is 37.3 Å². The van der Waals surface area contributed by atoms with Crippen molar-refractivity contribution in [3.63, 3.8) is 0 Å². The van der Waals surface area contributed by atoms with Crippen LogP contribution in [0.4, 0.5) is 5.69 Å². The minimum atomic E-state index is -0.465. The summed E-state index contributed by atoms with van der Waals surface area (Å²) >= 11 is 0. The molecule has 0 fully saturated rings. The number of aryl methyl sites for hydroxylation is 2. The topological polar surface area (TPSA) is 75.5 Å². The molecule has 0 aliphatic rings. The lowest BCUT2D eigenvalue weighted by molar-refractivity contribution is 0.0599. The van der Waals surface area contributed by atoms with Crippen molar-refractivity contribution < 1.29 is 18.7 Å². The molecule has 0 radical (unpaired) electrons. The number of carbonyl (C=O) groups is 2. The second kappa shape index (κ2) is 7.53. The molecule has 0 bridgehead atoms. The standard InChI is InChI=1S/C21H22N2O4/c1-13-7-9-16(10-8-13)23(12-17-6-5-11-27-17)20(24)19-14(2)18(15(3)22-19)21(25)26-4/h5-11,22H,12H2,1-4H3. The third-order valence-corrected chi connectivity index (χ3v) is 4.53. The van der Waals surface area contributed by atoms with Crippen LogP contribution in [-0.4, -0.2) is 24.0 Å². The predicted molar refractivity (Wildman–Crippen MR) is 102 cm³/mol. The number of rotatable bonds is 5. The number of furan rings is 1. The molecule has 3 rings (SSSR count). The number of amides is 1. The highest BCUT2D eigenvalue weighted by atomic mass is 16.5. The van der Waals surface area contributed by atoms with Gasteiger partial charge < -0.3 is 14.1 Å². The summed E-state index contributed by atoms with van der Waals surface area (Å²) in [7, 11) is 1.32. The predicted octanol–water partition coefficient (Wildman–Crippen LogP) is 4.17. The average molecular weight is 366 g/mol. The quantitative estimate of drug-likeness (QED) is 0.688. The summed E-state index contributed by atoms with van der Waals surface area (Å²) in [6.45, 7) is 5.76. The second-order valence-corrected chi connectivity index (χ2v) is 6.42. The molecule has 6 nitrogen and oxygen atoms in total. The van der Waals surface area contributed by atoms with E-state index in [2.05, 4.69) is 4.98 Å². The molecule has 0 aliphatic heterocycles. The van der Waals surface area contributed by atoms with Gasteiger partial charge in [-0.15, -0.1) is 0 Å². The van der Waals surface area contributed by atoms with E-state index in [-0.39, 0.29) is 12.5 Å². The number of hydrogen-bond acceptors (Lipinski definition) is 4. The summed E-state index contributed by atoms with van der Waals surface area (Å²) in [6.07, 6.45) is 1.58. The Morgan fingerprint density at radius 1 is 1.11 bits per heavy atom. The number of benzene rings is 1. The molecule has 0 unspecified atom stereocenters.